The van der Waals surface area contributed by atoms with Gasteiger partial charge in [-0.25, -0.2) is 24.2 Å². The van der Waals surface area contributed by atoms with Crippen LogP contribution in [0.1, 0.15) is 89.3 Å². The molecule has 3 aromatic heterocycles. The van der Waals surface area contributed by atoms with Crippen LogP contribution in [0.2, 0.25) is 0 Å². The lowest BCUT2D eigenvalue weighted by atomic mass is 10.0. The van der Waals surface area contributed by atoms with Crippen molar-refractivity contribution in [3.8, 4) is 33.6 Å². The quantitative estimate of drug-likeness (QED) is 0.0775. The third-order valence-electron chi connectivity index (χ3n) is 11.8. The molecule has 4 amide bonds. The lowest BCUT2D eigenvalue weighted by Crippen LogP contribution is -2.51. The monoisotopic (exact) mass is 877 g/mol. The minimum absolute atomic E-state index is 0.0183. The van der Waals surface area contributed by atoms with Crippen LogP contribution < -0.4 is 10.6 Å². The van der Waals surface area contributed by atoms with Crippen LogP contribution in [0.4, 0.5) is 9.59 Å². The number of H-pyrrole nitrogens is 2. The summed E-state index contributed by atoms with van der Waals surface area (Å²) in [6.45, 7) is 9.64. The summed E-state index contributed by atoms with van der Waals surface area (Å²) in [6, 6.07) is 13.7. The van der Waals surface area contributed by atoms with Gasteiger partial charge in [0, 0.05) is 20.0 Å². The molecule has 5 heterocycles. The molecule has 19 nitrogen and oxygen atoms in total. The Morgan fingerprint density at radius 2 is 1.23 bits per heavy atom. The van der Waals surface area contributed by atoms with E-state index in [9.17, 15) is 24.0 Å². The molecule has 5 atom stereocenters. The van der Waals surface area contributed by atoms with E-state index in [1.165, 1.54) is 21.1 Å². The number of alkyl carbamates (subject to hydrolysis) is 2. The molecule has 0 bridgehead atoms. The molecular formula is C45H55N11O8. The summed E-state index contributed by atoms with van der Waals surface area (Å²) >= 11 is 0. The van der Waals surface area contributed by atoms with Crippen molar-refractivity contribution in [3.63, 3.8) is 0 Å². The zero-order valence-corrected chi connectivity index (χ0v) is 37.0. The van der Waals surface area contributed by atoms with Crippen LogP contribution >= 0.6 is 0 Å². The number of ether oxygens (including phenoxy) is 3. The molecule has 2 aromatic carbocycles. The maximum atomic E-state index is 14.2. The van der Waals surface area contributed by atoms with Crippen LogP contribution in [0.3, 0.4) is 0 Å². The van der Waals surface area contributed by atoms with Gasteiger partial charge in [0.2, 0.25) is 11.8 Å². The second kappa shape index (κ2) is 19.6. The minimum atomic E-state index is -0.848. The van der Waals surface area contributed by atoms with Gasteiger partial charge in [-0.05, 0) is 53.4 Å². The second-order valence-electron chi connectivity index (χ2n) is 16.8. The largest absolute Gasteiger partial charge is 0.459 e. The molecule has 19 heteroatoms. The number of carbonyl (C=O) groups excluding carboxylic acids is 5. The number of amides is 4. The topological polar surface area (TPSA) is 232 Å². The summed E-state index contributed by atoms with van der Waals surface area (Å²) in [4.78, 5) is 83.2. The Hall–Kier alpha value is -7.05. The molecule has 0 radical (unpaired) electrons. The third kappa shape index (κ3) is 9.92. The van der Waals surface area contributed by atoms with Crippen LogP contribution in [0.15, 0.2) is 67.1 Å². The molecule has 0 spiro atoms. The Morgan fingerprint density at radius 3 is 1.73 bits per heavy atom. The first-order valence-corrected chi connectivity index (χ1v) is 21.4. The Balaban J connectivity index is 1.05. The number of nitrogens with one attached hydrogen (secondary N) is 4. The maximum Gasteiger partial charge on any atom is 0.407 e. The van der Waals surface area contributed by atoms with E-state index in [-0.39, 0.29) is 48.9 Å². The highest BCUT2D eigenvalue weighted by molar-refractivity contribution is 5.87. The first-order chi connectivity index (χ1) is 30.7. The van der Waals surface area contributed by atoms with E-state index >= 15 is 0 Å². The van der Waals surface area contributed by atoms with Crippen LogP contribution in [-0.4, -0.2) is 114 Å². The van der Waals surface area contributed by atoms with Crippen LogP contribution in [-0.2, 0) is 35.2 Å². The van der Waals surface area contributed by atoms with Gasteiger partial charge in [0.25, 0.3) is 0 Å². The summed E-state index contributed by atoms with van der Waals surface area (Å²) in [6.07, 6.45) is 5.94. The molecule has 5 aromatic rings. The average Bonchev–Trinajstić information content (AvgIpc) is 4.15. The highest BCUT2D eigenvalue weighted by Gasteiger charge is 2.43. The zero-order valence-electron chi connectivity index (χ0n) is 37.0. The number of imidazole rings is 2. The van der Waals surface area contributed by atoms with Crippen LogP contribution in [0.5, 0.6) is 0 Å². The lowest BCUT2D eigenvalue weighted by molar-refractivity contribution is -0.142. The Labute approximate surface area is 370 Å². The molecule has 2 saturated heterocycles. The van der Waals surface area contributed by atoms with E-state index in [0.29, 0.717) is 30.3 Å². The Bertz CT molecular complexity index is 2440. The van der Waals surface area contributed by atoms with Crippen LogP contribution in [0, 0.1) is 11.8 Å². The van der Waals surface area contributed by atoms with Gasteiger partial charge in [-0.15, -0.1) is 5.10 Å². The molecule has 0 aliphatic carbocycles. The van der Waals surface area contributed by atoms with Crippen molar-refractivity contribution in [2.75, 3.05) is 27.3 Å². The van der Waals surface area contributed by atoms with Crippen molar-refractivity contribution in [1.29, 1.82) is 0 Å². The summed E-state index contributed by atoms with van der Waals surface area (Å²) in [7, 11) is 2.54. The maximum absolute atomic E-state index is 14.2. The summed E-state index contributed by atoms with van der Waals surface area (Å²) in [5, 5.41) is 13.8. The number of nitrogens with zero attached hydrogens (tertiary/aromatic N) is 7. The predicted octanol–water partition coefficient (Wildman–Crippen LogP) is 5.73. The smallest absolute Gasteiger partial charge is 0.407 e. The highest BCUT2D eigenvalue weighted by Crippen LogP contribution is 2.39. The zero-order chi connectivity index (χ0) is 45.7. The number of likely N-dealkylation sites (tertiary alicyclic amines) is 2. The molecular weight excluding hydrogens is 823 g/mol. The SMILES string of the molecule is COC(=O)NC(C(=O)N1CCC[C@H]1c1ncc(-c2ccc(-c3ccc(-c4cnc([C@@H]5C[C@H](n6cc(COC(C)=O)nn6)CN5C(=O)[C@@H](NC(=O)OC)C(C)C)[nH]4)cc3)cc2)[nH]1)C(C)C. The lowest BCUT2D eigenvalue weighted by Gasteiger charge is -2.30. The molecule has 2 aliphatic rings. The van der Waals surface area contributed by atoms with Crippen molar-refractivity contribution in [3.05, 3.63) is 84.5 Å². The van der Waals surface area contributed by atoms with Crippen molar-refractivity contribution in [2.24, 2.45) is 11.8 Å². The number of carbonyl (C=O) groups is 5. The number of hydrogen-bond donors (Lipinski definition) is 4. The van der Waals surface area contributed by atoms with Gasteiger partial charge < -0.3 is 44.6 Å². The van der Waals surface area contributed by atoms with Gasteiger partial charge in [0.1, 0.15) is 36.0 Å². The van der Waals surface area contributed by atoms with E-state index in [4.69, 9.17) is 19.2 Å². The number of benzene rings is 2. The van der Waals surface area contributed by atoms with Crippen molar-refractivity contribution < 1.29 is 38.2 Å². The normalized spacial score (nSPS) is 18.2. The molecule has 64 heavy (non-hydrogen) atoms. The first-order valence-electron chi connectivity index (χ1n) is 21.4. The molecule has 0 saturated carbocycles. The van der Waals surface area contributed by atoms with Gasteiger partial charge in [-0.1, -0.05) is 81.4 Å². The fourth-order valence-corrected chi connectivity index (χ4v) is 8.30. The van der Waals surface area contributed by atoms with Crippen LogP contribution in [0.25, 0.3) is 33.6 Å². The fraction of sp³-hybridized carbons (Fsp3) is 0.444. The summed E-state index contributed by atoms with van der Waals surface area (Å²) in [5.41, 5.74) is 5.94. The first kappa shape index (κ1) is 45.0. The van der Waals surface area contributed by atoms with Crippen molar-refractivity contribution >= 4 is 30.0 Å². The molecule has 2 fully saturated rings. The van der Waals surface area contributed by atoms with E-state index in [2.05, 4.69) is 35.9 Å². The Morgan fingerprint density at radius 1 is 0.734 bits per heavy atom. The number of hydrogen-bond acceptors (Lipinski definition) is 12. The van der Waals surface area contributed by atoms with E-state index in [1.54, 1.807) is 33.1 Å². The number of aromatic nitrogens is 7. The van der Waals surface area contributed by atoms with E-state index in [1.807, 2.05) is 76.2 Å². The third-order valence-corrected chi connectivity index (χ3v) is 11.8. The summed E-state index contributed by atoms with van der Waals surface area (Å²) < 4.78 is 16.3. The summed E-state index contributed by atoms with van der Waals surface area (Å²) in [5.74, 6) is 0.0529. The van der Waals surface area contributed by atoms with Crippen molar-refractivity contribution in [2.45, 2.75) is 90.7 Å². The predicted molar refractivity (Wildman–Crippen MR) is 233 cm³/mol. The minimum Gasteiger partial charge on any atom is -0.459 e. The molecule has 7 rings (SSSR count). The number of methoxy groups -OCH3 is 2. The van der Waals surface area contributed by atoms with E-state index < -0.39 is 36.3 Å². The second-order valence-corrected chi connectivity index (χ2v) is 16.8. The fourth-order valence-electron chi connectivity index (χ4n) is 8.30. The number of rotatable bonds is 14. The van der Waals surface area contributed by atoms with Crippen molar-refractivity contribution in [1.82, 2.24) is 55.4 Å². The van der Waals surface area contributed by atoms with Gasteiger partial charge in [0.05, 0.1) is 62.3 Å². The van der Waals surface area contributed by atoms with Gasteiger partial charge >= 0.3 is 18.2 Å². The number of esters is 1. The van der Waals surface area contributed by atoms with E-state index in [0.717, 1.165) is 46.5 Å². The molecule has 338 valence electrons. The molecule has 4 N–H and O–H groups in total. The molecule has 2 aliphatic heterocycles. The molecule has 1 unspecified atom stereocenters. The van der Waals surface area contributed by atoms with Gasteiger partial charge in [-0.2, -0.15) is 0 Å². The average molecular weight is 878 g/mol. The highest BCUT2D eigenvalue weighted by atomic mass is 16.5. The standard InChI is InChI=1S/C45H55N11O8/c1-25(2)38(50-44(60)62-6)42(58)54-18-8-9-36(54)40-46-20-34(48-40)30-14-10-28(11-15-30)29-12-16-31(17-13-29)35-21-47-41(49-35)37-19-33(56-22-32(52-53-56)24-64-27(5)57)23-55(37)43(59)39(26(3)4)51-45(61)63-7/h10-17,20-22,25-26,33,36-39H,8-9,18-19,23-24H2,1-7H3,(H,46,48)(H,47,49)(H,50,60)(H,51,61)/t33-,36-,37-,38?,39-/m0/s1. The van der Waals surface area contributed by atoms with Gasteiger partial charge in [-0.3, -0.25) is 14.4 Å². The van der Waals surface area contributed by atoms with Gasteiger partial charge in [0.15, 0.2) is 0 Å². The number of aromatic amines is 2. The Kier molecular flexibility index (Phi) is 13.7.